The zero-order chi connectivity index (χ0) is 9.07. The summed E-state index contributed by atoms with van der Waals surface area (Å²) in [5.41, 5.74) is -0.869. The van der Waals surface area contributed by atoms with Gasteiger partial charge in [0.25, 0.3) is 0 Å². The Labute approximate surface area is 64.3 Å². The highest BCUT2D eigenvalue weighted by atomic mass is 19.4. The molecule has 0 rings (SSSR count). The predicted molar refractivity (Wildman–Crippen MR) is 38.0 cm³/mol. The molecular formula is C7H12F3N. The van der Waals surface area contributed by atoms with Gasteiger partial charge in [0.1, 0.15) is 5.70 Å². The standard InChI is InChI=1S/C7H12F3N/c1-5(2)4-11-6(3)7(8,9)10/h5,11H,3-4H2,1-2H3. The fraction of sp³-hybridized carbons (Fsp3) is 0.714. The van der Waals surface area contributed by atoms with Crippen molar-refractivity contribution in [3.8, 4) is 0 Å². The zero-order valence-corrected chi connectivity index (χ0v) is 6.63. The largest absolute Gasteiger partial charge is 0.430 e. The lowest BCUT2D eigenvalue weighted by atomic mass is 10.2. The van der Waals surface area contributed by atoms with Gasteiger partial charge >= 0.3 is 6.18 Å². The van der Waals surface area contributed by atoms with E-state index in [1.54, 1.807) is 0 Å². The van der Waals surface area contributed by atoms with Gasteiger partial charge in [-0.3, -0.25) is 0 Å². The minimum Gasteiger partial charge on any atom is -0.381 e. The van der Waals surface area contributed by atoms with Crippen LogP contribution in [-0.2, 0) is 0 Å². The topological polar surface area (TPSA) is 12.0 Å². The van der Waals surface area contributed by atoms with Gasteiger partial charge in [-0.15, -0.1) is 0 Å². The number of allylic oxidation sites excluding steroid dienone is 1. The number of alkyl halides is 3. The molecule has 0 aromatic rings. The number of hydrogen-bond donors (Lipinski definition) is 1. The molecule has 0 amide bonds. The zero-order valence-electron chi connectivity index (χ0n) is 6.63. The molecule has 0 aromatic carbocycles. The minimum atomic E-state index is -4.31. The maximum absolute atomic E-state index is 11.7. The van der Waals surface area contributed by atoms with Crippen molar-refractivity contribution >= 4 is 0 Å². The van der Waals surface area contributed by atoms with Crippen molar-refractivity contribution in [2.24, 2.45) is 5.92 Å². The van der Waals surface area contributed by atoms with Crippen molar-refractivity contribution in [1.82, 2.24) is 5.32 Å². The second-order valence-electron chi connectivity index (χ2n) is 2.75. The van der Waals surface area contributed by atoms with Gasteiger partial charge in [0, 0.05) is 6.54 Å². The fourth-order valence-corrected chi connectivity index (χ4v) is 0.428. The normalized spacial score (nSPS) is 11.8. The van der Waals surface area contributed by atoms with Crippen LogP contribution in [0.25, 0.3) is 0 Å². The van der Waals surface area contributed by atoms with Crippen molar-refractivity contribution in [1.29, 1.82) is 0 Å². The third-order valence-electron chi connectivity index (χ3n) is 1.07. The van der Waals surface area contributed by atoms with Crippen LogP contribution >= 0.6 is 0 Å². The molecule has 0 aliphatic rings. The fourth-order valence-electron chi connectivity index (χ4n) is 0.428. The predicted octanol–water partition coefficient (Wildman–Crippen LogP) is 2.31. The van der Waals surface area contributed by atoms with Gasteiger partial charge in [0.05, 0.1) is 0 Å². The molecule has 1 N–H and O–H groups in total. The summed E-state index contributed by atoms with van der Waals surface area (Å²) >= 11 is 0. The summed E-state index contributed by atoms with van der Waals surface area (Å²) < 4.78 is 35.2. The van der Waals surface area contributed by atoms with Crippen molar-refractivity contribution in [3.63, 3.8) is 0 Å². The molecular weight excluding hydrogens is 155 g/mol. The Balaban J connectivity index is 3.71. The number of hydrogen-bond acceptors (Lipinski definition) is 1. The minimum absolute atomic E-state index is 0.189. The lowest BCUT2D eigenvalue weighted by Crippen LogP contribution is -2.28. The molecule has 0 aliphatic heterocycles. The summed E-state index contributed by atoms with van der Waals surface area (Å²) in [6, 6.07) is 0. The van der Waals surface area contributed by atoms with Crippen molar-refractivity contribution in [3.05, 3.63) is 12.3 Å². The molecule has 0 bridgehead atoms. The Morgan fingerprint density at radius 2 is 1.91 bits per heavy atom. The maximum atomic E-state index is 11.7. The number of halogens is 3. The van der Waals surface area contributed by atoms with Gasteiger partial charge in [-0.2, -0.15) is 13.2 Å². The van der Waals surface area contributed by atoms with Crippen LogP contribution in [0.2, 0.25) is 0 Å². The lowest BCUT2D eigenvalue weighted by molar-refractivity contribution is -0.0964. The van der Waals surface area contributed by atoms with Gasteiger partial charge in [-0.05, 0) is 5.92 Å². The highest BCUT2D eigenvalue weighted by Crippen LogP contribution is 2.21. The SMILES string of the molecule is C=C(NCC(C)C)C(F)(F)F. The van der Waals surface area contributed by atoms with Crippen LogP contribution < -0.4 is 5.32 Å². The van der Waals surface area contributed by atoms with Gasteiger partial charge in [0.2, 0.25) is 0 Å². The summed E-state index contributed by atoms with van der Waals surface area (Å²) in [4.78, 5) is 0. The van der Waals surface area contributed by atoms with Crippen molar-refractivity contribution < 1.29 is 13.2 Å². The average Bonchev–Trinajstić information content (AvgIpc) is 1.80. The Morgan fingerprint density at radius 1 is 1.45 bits per heavy atom. The monoisotopic (exact) mass is 167 g/mol. The van der Waals surface area contributed by atoms with E-state index in [1.165, 1.54) is 0 Å². The molecule has 0 spiro atoms. The highest BCUT2D eigenvalue weighted by molar-refractivity contribution is 4.99. The molecule has 0 atom stereocenters. The first-order valence-electron chi connectivity index (χ1n) is 3.34. The molecule has 1 nitrogen and oxygen atoms in total. The molecule has 0 radical (unpaired) electrons. The average molecular weight is 167 g/mol. The summed E-state index contributed by atoms with van der Waals surface area (Å²) in [6.07, 6.45) is -4.31. The summed E-state index contributed by atoms with van der Waals surface area (Å²) in [5.74, 6) is 0.189. The second-order valence-corrected chi connectivity index (χ2v) is 2.75. The molecule has 0 saturated carbocycles. The van der Waals surface area contributed by atoms with Crippen LogP contribution in [0.15, 0.2) is 12.3 Å². The van der Waals surface area contributed by atoms with E-state index in [0.29, 0.717) is 6.54 Å². The molecule has 0 saturated heterocycles. The third kappa shape index (κ3) is 4.70. The first kappa shape index (κ1) is 10.3. The Morgan fingerprint density at radius 3 is 2.18 bits per heavy atom. The van der Waals surface area contributed by atoms with Crippen LogP contribution in [0.3, 0.4) is 0 Å². The highest BCUT2D eigenvalue weighted by Gasteiger charge is 2.31. The lowest BCUT2D eigenvalue weighted by Gasteiger charge is -2.13. The van der Waals surface area contributed by atoms with E-state index >= 15 is 0 Å². The Bertz CT molecular complexity index is 137. The van der Waals surface area contributed by atoms with Gasteiger partial charge < -0.3 is 5.32 Å². The maximum Gasteiger partial charge on any atom is 0.430 e. The van der Waals surface area contributed by atoms with E-state index < -0.39 is 11.9 Å². The Hall–Kier alpha value is -0.670. The van der Waals surface area contributed by atoms with E-state index in [4.69, 9.17) is 0 Å². The third-order valence-corrected chi connectivity index (χ3v) is 1.07. The van der Waals surface area contributed by atoms with Crippen LogP contribution in [-0.4, -0.2) is 12.7 Å². The van der Waals surface area contributed by atoms with E-state index in [1.807, 2.05) is 13.8 Å². The van der Waals surface area contributed by atoms with Crippen LogP contribution in [0.4, 0.5) is 13.2 Å². The first-order valence-corrected chi connectivity index (χ1v) is 3.34. The van der Waals surface area contributed by atoms with Crippen molar-refractivity contribution in [2.75, 3.05) is 6.54 Å². The molecule has 0 fully saturated rings. The summed E-state index contributed by atoms with van der Waals surface area (Å²) in [6.45, 7) is 6.83. The van der Waals surface area contributed by atoms with E-state index in [-0.39, 0.29) is 5.92 Å². The second kappa shape index (κ2) is 3.64. The Kier molecular flexibility index (Phi) is 3.42. The molecule has 0 unspecified atom stereocenters. The van der Waals surface area contributed by atoms with Crippen molar-refractivity contribution in [2.45, 2.75) is 20.0 Å². The number of rotatable bonds is 3. The van der Waals surface area contributed by atoms with E-state index in [2.05, 4.69) is 11.9 Å². The van der Waals surface area contributed by atoms with E-state index in [0.717, 1.165) is 0 Å². The quantitative estimate of drug-likeness (QED) is 0.680. The molecule has 4 heteroatoms. The smallest absolute Gasteiger partial charge is 0.381 e. The van der Waals surface area contributed by atoms with E-state index in [9.17, 15) is 13.2 Å². The molecule has 0 aromatic heterocycles. The van der Waals surface area contributed by atoms with Gasteiger partial charge in [-0.25, -0.2) is 0 Å². The number of nitrogens with one attached hydrogen (secondary N) is 1. The first-order chi connectivity index (χ1) is 4.84. The molecule has 0 heterocycles. The van der Waals surface area contributed by atoms with Gasteiger partial charge in [-0.1, -0.05) is 20.4 Å². The summed E-state index contributed by atoms with van der Waals surface area (Å²) in [7, 11) is 0. The van der Waals surface area contributed by atoms with Crippen LogP contribution in [0.1, 0.15) is 13.8 Å². The van der Waals surface area contributed by atoms with Gasteiger partial charge in [0.15, 0.2) is 0 Å². The van der Waals surface area contributed by atoms with Crippen LogP contribution in [0.5, 0.6) is 0 Å². The molecule has 0 aliphatic carbocycles. The summed E-state index contributed by atoms with van der Waals surface area (Å²) in [5, 5.41) is 2.20. The molecule has 11 heavy (non-hydrogen) atoms. The molecule has 66 valence electrons. The van der Waals surface area contributed by atoms with Crippen LogP contribution in [0, 0.1) is 5.92 Å².